The average molecular weight is 314 g/mol. The van der Waals surface area contributed by atoms with E-state index in [1.54, 1.807) is 12.1 Å². The highest BCUT2D eigenvalue weighted by Crippen LogP contribution is 2.21. The molecule has 2 aromatic heterocycles. The number of aromatic nitrogens is 5. The smallest absolute Gasteiger partial charge is 0.210 e. The predicted octanol–water partition coefficient (Wildman–Crippen LogP) is 1.67. The highest BCUT2D eigenvalue weighted by molar-refractivity contribution is 7.99. The van der Waals surface area contributed by atoms with Crippen LogP contribution in [0.15, 0.2) is 41.6 Å². The molecule has 112 valence electrons. The molecule has 0 aliphatic heterocycles. The standard InChI is InChI=1S/C14H14N6OS/c1-9-7-11(17-16-9)13-18-19-14(20(13)15)22-8-12(21)10-5-3-2-4-6-10/h2-7H,8,15H2,1H3,(H,16,17). The molecule has 7 nitrogen and oxygen atoms in total. The van der Waals surface area contributed by atoms with Crippen molar-refractivity contribution in [2.75, 3.05) is 11.6 Å². The molecular weight excluding hydrogens is 300 g/mol. The van der Waals surface area contributed by atoms with Crippen molar-refractivity contribution in [3.8, 4) is 11.5 Å². The number of rotatable bonds is 5. The van der Waals surface area contributed by atoms with Gasteiger partial charge in [-0.25, -0.2) is 4.68 Å². The number of benzene rings is 1. The van der Waals surface area contributed by atoms with E-state index >= 15 is 0 Å². The molecule has 0 spiro atoms. The molecule has 1 aromatic carbocycles. The van der Waals surface area contributed by atoms with Crippen LogP contribution in [0.4, 0.5) is 0 Å². The van der Waals surface area contributed by atoms with Gasteiger partial charge in [0.1, 0.15) is 5.69 Å². The number of hydrogen-bond donors (Lipinski definition) is 2. The third-order valence-corrected chi connectivity index (χ3v) is 3.97. The summed E-state index contributed by atoms with van der Waals surface area (Å²) in [5.74, 6) is 6.70. The third kappa shape index (κ3) is 2.86. The molecular formula is C14H14N6OS. The van der Waals surface area contributed by atoms with Gasteiger partial charge in [0.2, 0.25) is 11.0 Å². The summed E-state index contributed by atoms with van der Waals surface area (Å²) in [6.07, 6.45) is 0. The number of carbonyl (C=O) groups excluding carboxylic acids is 1. The number of aryl methyl sites for hydroxylation is 1. The van der Waals surface area contributed by atoms with Gasteiger partial charge in [0, 0.05) is 11.3 Å². The number of thioether (sulfide) groups is 1. The van der Waals surface area contributed by atoms with Crippen LogP contribution in [0.5, 0.6) is 0 Å². The Labute approximate surface area is 130 Å². The first-order valence-electron chi connectivity index (χ1n) is 6.59. The minimum absolute atomic E-state index is 0.0192. The maximum atomic E-state index is 12.1. The van der Waals surface area contributed by atoms with Crippen LogP contribution in [0.3, 0.4) is 0 Å². The largest absolute Gasteiger partial charge is 0.335 e. The molecule has 0 radical (unpaired) electrons. The number of ketones is 1. The Balaban J connectivity index is 1.72. The zero-order valence-corrected chi connectivity index (χ0v) is 12.7. The van der Waals surface area contributed by atoms with Gasteiger partial charge in [-0.1, -0.05) is 42.1 Å². The first kappa shape index (κ1) is 14.3. The van der Waals surface area contributed by atoms with Gasteiger partial charge in [0.25, 0.3) is 0 Å². The monoisotopic (exact) mass is 314 g/mol. The Morgan fingerprint density at radius 1 is 1.32 bits per heavy atom. The Morgan fingerprint density at radius 2 is 2.09 bits per heavy atom. The number of nitrogens with one attached hydrogen (secondary N) is 1. The lowest BCUT2D eigenvalue weighted by Gasteiger charge is -2.02. The van der Waals surface area contributed by atoms with Crippen molar-refractivity contribution >= 4 is 17.5 Å². The summed E-state index contributed by atoms with van der Waals surface area (Å²) in [6.45, 7) is 1.89. The first-order valence-corrected chi connectivity index (χ1v) is 7.57. The van der Waals surface area contributed by atoms with Crippen molar-refractivity contribution < 1.29 is 4.79 Å². The molecule has 0 amide bonds. The molecule has 3 N–H and O–H groups in total. The van der Waals surface area contributed by atoms with Crippen LogP contribution in [-0.2, 0) is 0 Å². The van der Waals surface area contributed by atoms with E-state index in [4.69, 9.17) is 5.84 Å². The van der Waals surface area contributed by atoms with Gasteiger partial charge in [-0.15, -0.1) is 10.2 Å². The Morgan fingerprint density at radius 3 is 2.77 bits per heavy atom. The molecule has 3 rings (SSSR count). The topological polar surface area (TPSA) is 102 Å². The molecule has 0 saturated carbocycles. The maximum absolute atomic E-state index is 12.1. The Hall–Kier alpha value is -2.61. The predicted molar refractivity (Wildman–Crippen MR) is 84.0 cm³/mol. The van der Waals surface area contributed by atoms with Crippen molar-refractivity contribution in [2.45, 2.75) is 12.1 Å². The van der Waals surface area contributed by atoms with Crippen LogP contribution in [0, 0.1) is 6.92 Å². The van der Waals surface area contributed by atoms with Gasteiger partial charge >= 0.3 is 0 Å². The number of nitrogens with two attached hydrogens (primary N) is 1. The zero-order valence-electron chi connectivity index (χ0n) is 11.9. The molecule has 0 saturated heterocycles. The number of nitrogens with zero attached hydrogens (tertiary/aromatic N) is 4. The molecule has 22 heavy (non-hydrogen) atoms. The molecule has 0 unspecified atom stereocenters. The van der Waals surface area contributed by atoms with E-state index in [0.717, 1.165) is 5.69 Å². The quantitative estimate of drug-likeness (QED) is 0.422. The van der Waals surface area contributed by atoms with Crippen LogP contribution in [-0.4, -0.2) is 36.6 Å². The number of nitrogen functional groups attached to an aromatic ring is 1. The van der Waals surface area contributed by atoms with E-state index in [9.17, 15) is 4.79 Å². The lowest BCUT2D eigenvalue weighted by Crippen LogP contribution is -2.12. The van der Waals surface area contributed by atoms with Gasteiger partial charge in [-0.05, 0) is 13.0 Å². The van der Waals surface area contributed by atoms with Crippen molar-refractivity contribution in [2.24, 2.45) is 0 Å². The van der Waals surface area contributed by atoms with Gasteiger partial charge in [0.15, 0.2) is 5.78 Å². The Kier molecular flexibility index (Phi) is 3.92. The second-order valence-corrected chi connectivity index (χ2v) is 5.63. The van der Waals surface area contributed by atoms with Crippen LogP contribution in [0.2, 0.25) is 0 Å². The van der Waals surface area contributed by atoms with Gasteiger partial charge in [-0.3, -0.25) is 9.89 Å². The molecule has 0 aliphatic rings. The lowest BCUT2D eigenvalue weighted by molar-refractivity contribution is 0.102. The summed E-state index contributed by atoms with van der Waals surface area (Å²) < 4.78 is 1.35. The second kappa shape index (κ2) is 6.02. The summed E-state index contributed by atoms with van der Waals surface area (Å²) in [5.41, 5.74) is 2.20. The summed E-state index contributed by atoms with van der Waals surface area (Å²) in [6, 6.07) is 10.9. The highest BCUT2D eigenvalue weighted by Gasteiger charge is 2.16. The molecule has 8 heteroatoms. The first-order chi connectivity index (χ1) is 10.6. The number of H-pyrrole nitrogens is 1. The molecule has 0 bridgehead atoms. The summed E-state index contributed by atoms with van der Waals surface area (Å²) in [4.78, 5) is 12.1. The fraction of sp³-hybridized carbons (Fsp3) is 0.143. The number of Topliss-reactive ketones (excluding diaryl/α,β-unsaturated/α-hetero) is 1. The fourth-order valence-corrected chi connectivity index (χ4v) is 2.67. The van der Waals surface area contributed by atoms with Crippen molar-refractivity contribution in [3.63, 3.8) is 0 Å². The molecule has 0 fully saturated rings. The maximum Gasteiger partial charge on any atom is 0.210 e. The summed E-state index contributed by atoms with van der Waals surface area (Å²) in [5, 5.41) is 15.4. The number of hydrogen-bond acceptors (Lipinski definition) is 6. The fourth-order valence-electron chi connectivity index (χ4n) is 1.92. The van der Waals surface area contributed by atoms with Gasteiger partial charge in [0.05, 0.1) is 5.75 Å². The summed E-state index contributed by atoms with van der Waals surface area (Å²) in [7, 11) is 0. The van der Waals surface area contributed by atoms with Crippen molar-refractivity contribution in [1.29, 1.82) is 0 Å². The SMILES string of the molecule is Cc1cc(-c2nnc(SCC(=O)c3ccccc3)n2N)n[nH]1. The van der Waals surface area contributed by atoms with E-state index in [2.05, 4.69) is 20.4 Å². The minimum Gasteiger partial charge on any atom is -0.335 e. The van der Waals surface area contributed by atoms with E-state index in [1.165, 1.54) is 16.4 Å². The lowest BCUT2D eigenvalue weighted by atomic mass is 10.2. The molecule has 0 atom stereocenters. The molecule has 0 aliphatic carbocycles. The molecule has 2 heterocycles. The Bertz CT molecular complexity index is 795. The normalized spacial score (nSPS) is 10.8. The van der Waals surface area contributed by atoms with Crippen molar-refractivity contribution in [1.82, 2.24) is 25.1 Å². The van der Waals surface area contributed by atoms with Crippen LogP contribution in [0.1, 0.15) is 16.1 Å². The highest BCUT2D eigenvalue weighted by atomic mass is 32.2. The van der Waals surface area contributed by atoms with Crippen molar-refractivity contribution in [3.05, 3.63) is 47.7 Å². The van der Waals surface area contributed by atoms with E-state index in [-0.39, 0.29) is 11.5 Å². The summed E-state index contributed by atoms with van der Waals surface area (Å²) >= 11 is 1.25. The van der Waals surface area contributed by atoms with E-state index in [0.29, 0.717) is 22.2 Å². The van der Waals surface area contributed by atoms with Crippen LogP contribution in [0.25, 0.3) is 11.5 Å². The van der Waals surface area contributed by atoms with Crippen LogP contribution < -0.4 is 5.84 Å². The minimum atomic E-state index is 0.0192. The van der Waals surface area contributed by atoms with E-state index < -0.39 is 0 Å². The number of aromatic amines is 1. The third-order valence-electron chi connectivity index (χ3n) is 3.03. The molecule has 3 aromatic rings. The van der Waals surface area contributed by atoms with Gasteiger partial charge in [-0.2, -0.15) is 5.10 Å². The number of carbonyl (C=O) groups is 1. The van der Waals surface area contributed by atoms with Gasteiger partial charge < -0.3 is 5.84 Å². The zero-order chi connectivity index (χ0) is 15.5. The second-order valence-electron chi connectivity index (χ2n) is 4.69. The van der Waals surface area contributed by atoms with Crippen LogP contribution >= 0.6 is 11.8 Å². The van der Waals surface area contributed by atoms with E-state index in [1.807, 2.05) is 31.2 Å². The average Bonchev–Trinajstić information content (AvgIpc) is 3.12.